The van der Waals surface area contributed by atoms with Crippen molar-refractivity contribution < 1.29 is 19.1 Å². The molecule has 1 heterocycles. The molecular formula is C41H43Cl3N6O5. The first-order valence-corrected chi connectivity index (χ1v) is 18.7. The number of halogens is 3. The van der Waals surface area contributed by atoms with Gasteiger partial charge in [-0.15, -0.1) is 5.11 Å². The van der Waals surface area contributed by atoms with Crippen LogP contribution < -0.4 is 25.7 Å². The molecular weight excluding hydrogens is 763 g/mol. The largest absolute Gasteiger partial charge is 0.497 e. The van der Waals surface area contributed by atoms with Gasteiger partial charge in [0.25, 0.3) is 11.8 Å². The number of carbonyl (C=O) groups is 2. The van der Waals surface area contributed by atoms with Crippen LogP contribution in [0.5, 0.6) is 11.5 Å². The number of hydrogen-bond acceptors (Lipinski definition) is 7. The van der Waals surface area contributed by atoms with Crippen molar-refractivity contribution in [1.82, 2.24) is 9.78 Å². The van der Waals surface area contributed by atoms with Gasteiger partial charge in [0.15, 0.2) is 18.1 Å². The van der Waals surface area contributed by atoms with E-state index in [1.165, 1.54) is 30.9 Å². The minimum atomic E-state index is -0.700. The Morgan fingerprint density at radius 2 is 1.51 bits per heavy atom. The summed E-state index contributed by atoms with van der Waals surface area (Å²) in [7, 11) is 1.54. The molecule has 0 atom stereocenters. The maximum Gasteiger partial charge on any atom is 0.301 e. The summed E-state index contributed by atoms with van der Waals surface area (Å²) in [4.78, 5) is 40.5. The van der Waals surface area contributed by atoms with Gasteiger partial charge in [-0.3, -0.25) is 19.5 Å². The third-order valence-corrected chi connectivity index (χ3v) is 10.5. The van der Waals surface area contributed by atoms with E-state index >= 15 is 0 Å². The normalized spacial score (nSPS) is 11.8. The van der Waals surface area contributed by atoms with Gasteiger partial charge in [-0.05, 0) is 89.9 Å². The number of azo groups is 1. The minimum Gasteiger partial charge on any atom is -0.497 e. The van der Waals surface area contributed by atoms with Gasteiger partial charge in [0, 0.05) is 21.8 Å². The van der Waals surface area contributed by atoms with Gasteiger partial charge in [-0.25, -0.2) is 4.68 Å². The van der Waals surface area contributed by atoms with Gasteiger partial charge in [-0.1, -0.05) is 94.5 Å². The fraction of sp³-hybridized carbons (Fsp3) is 0.293. The Hall–Kier alpha value is -5.10. The lowest BCUT2D eigenvalue weighted by molar-refractivity contribution is -0.118. The predicted octanol–water partition coefficient (Wildman–Crippen LogP) is 11.2. The number of aromatic amines is 1. The quantitative estimate of drug-likeness (QED) is 0.0959. The molecule has 0 aliphatic rings. The van der Waals surface area contributed by atoms with Crippen LogP contribution in [0.2, 0.25) is 15.1 Å². The molecule has 5 aromatic rings. The predicted molar refractivity (Wildman–Crippen MR) is 220 cm³/mol. The maximum atomic E-state index is 13.7. The highest BCUT2D eigenvalue weighted by Gasteiger charge is 2.27. The monoisotopic (exact) mass is 804 g/mol. The van der Waals surface area contributed by atoms with Crippen LogP contribution in [-0.4, -0.2) is 35.3 Å². The summed E-state index contributed by atoms with van der Waals surface area (Å²) in [6.45, 7) is 12.8. The van der Waals surface area contributed by atoms with Crippen LogP contribution in [0.3, 0.4) is 0 Å². The molecule has 55 heavy (non-hydrogen) atoms. The number of anilines is 2. The number of carbonyl (C=O) groups excluding carboxylic acids is 2. The number of rotatable bonds is 14. The molecule has 0 aliphatic heterocycles. The molecule has 0 aliphatic carbocycles. The first kappa shape index (κ1) is 41.1. The van der Waals surface area contributed by atoms with Gasteiger partial charge in [0.2, 0.25) is 0 Å². The first-order valence-electron chi connectivity index (χ1n) is 17.6. The average molecular weight is 806 g/mol. The molecule has 5 rings (SSSR count). The fourth-order valence-electron chi connectivity index (χ4n) is 5.54. The molecule has 0 spiro atoms. The van der Waals surface area contributed by atoms with Crippen molar-refractivity contribution in [2.75, 3.05) is 24.4 Å². The molecule has 0 radical (unpaired) electrons. The number of aromatic nitrogens is 2. The highest BCUT2D eigenvalue weighted by Crippen LogP contribution is 2.39. The van der Waals surface area contributed by atoms with E-state index in [2.05, 4.69) is 79.6 Å². The second-order valence-electron chi connectivity index (χ2n) is 14.1. The van der Waals surface area contributed by atoms with E-state index in [1.807, 2.05) is 6.07 Å². The Morgan fingerprint density at radius 3 is 2.15 bits per heavy atom. The third-order valence-electron chi connectivity index (χ3n) is 9.67. The highest BCUT2D eigenvalue weighted by atomic mass is 35.5. The molecule has 0 saturated heterocycles. The molecule has 4 aromatic carbocycles. The zero-order valence-electron chi connectivity index (χ0n) is 31.6. The molecule has 0 saturated carbocycles. The Kier molecular flexibility index (Phi) is 12.8. The van der Waals surface area contributed by atoms with Crippen LogP contribution in [-0.2, 0) is 15.6 Å². The summed E-state index contributed by atoms with van der Waals surface area (Å²) in [6.07, 6.45) is 1.86. The van der Waals surface area contributed by atoms with Crippen LogP contribution >= 0.6 is 34.8 Å². The molecule has 11 nitrogen and oxygen atoms in total. The summed E-state index contributed by atoms with van der Waals surface area (Å²) in [6, 6.07) is 22.0. The van der Waals surface area contributed by atoms with Crippen LogP contribution in [0, 0.1) is 0 Å². The van der Waals surface area contributed by atoms with E-state index in [0.717, 1.165) is 23.1 Å². The number of nitrogens with one attached hydrogen (secondary N) is 3. The van der Waals surface area contributed by atoms with Crippen molar-refractivity contribution >= 4 is 69.5 Å². The average Bonchev–Trinajstić information content (AvgIpc) is 3.45. The smallest absolute Gasteiger partial charge is 0.301 e. The van der Waals surface area contributed by atoms with E-state index in [4.69, 9.17) is 44.3 Å². The minimum absolute atomic E-state index is 0.00781. The van der Waals surface area contributed by atoms with Crippen molar-refractivity contribution in [3.8, 4) is 17.2 Å². The molecule has 3 N–H and O–H groups in total. The number of benzene rings is 4. The maximum absolute atomic E-state index is 13.7. The first-order chi connectivity index (χ1) is 26.1. The summed E-state index contributed by atoms with van der Waals surface area (Å²) in [5, 5.41) is 17.1. The zero-order chi connectivity index (χ0) is 40.1. The Bertz CT molecular complexity index is 2270. The molecule has 0 fully saturated rings. The molecule has 1 aromatic heterocycles. The Labute approximate surface area is 335 Å². The summed E-state index contributed by atoms with van der Waals surface area (Å²) < 4.78 is 12.3. The van der Waals surface area contributed by atoms with Gasteiger partial charge in [0.05, 0.1) is 22.8 Å². The lowest BCUT2D eigenvalue weighted by atomic mass is 9.76. The van der Waals surface area contributed by atoms with E-state index in [-0.39, 0.29) is 55.3 Å². The molecule has 0 unspecified atom stereocenters. The standard InChI is InChI=1S/C41H43Cl3N6O5/c1-8-40(3,4)25-13-18-33(30(20-25)41(5,6)9-2)55-23-34(51)45-28-12-10-11-24(19-28)38(52)46-37-35(48-47-27-14-16-29(54-7)17-15-27)39(53)50(49-37)36-31(43)21-26(42)22-32(36)44/h10-22,49H,8-9,23H2,1-7H3,(H,45,51)(H,46,52). The van der Waals surface area contributed by atoms with E-state index in [9.17, 15) is 14.4 Å². The van der Waals surface area contributed by atoms with Crippen molar-refractivity contribution in [3.05, 3.63) is 121 Å². The summed E-state index contributed by atoms with van der Waals surface area (Å²) in [5.41, 5.74) is 2.18. The number of amides is 2. The molecule has 0 bridgehead atoms. The SMILES string of the molecule is CCC(C)(C)c1ccc(OCC(=O)Nc2cccc(C(=O)Nc3[nH]n(-c4c(Cl)cc(Cl)cc4Cl)c(=O)c3N=Nc3ccc(OC)cc3)c2)c(C(C)(C)CC)c1. The van der Waals surface area contributed by atoms with Crippen LogP contribution in [0.15, 0.2) is 93.9 Å². The number of ether oxygens (including phenoxy) is 2. The van der Waals surface area contributed by atoms with Gasteiger partial charge in [0.1, 0.15) is 17.2 Å². The van der Waals surface area contributed by atoms with Crippen molar-refractivity contribution in [2.45, 2.75) is 65.2 Å². The third kappa shape index (κ3) is 9.59. The molecule has 14 heteroatoms. The number of hydrogen-bond donors (Lipinski definition) is 3. The lowest BCUT2D eigenvalue weighted by Crippen LogP contribution is -2.24. The van der Waals surface area contributed by atoms with E-state index in [0.29, 0.717) is 22.9 Å². The number of H-pyrrole nitrogens is 1. The number of methoxy groups -OCH3 is 1. The van der Waals surface area contributed by atoms with Gasteiger partial charge in [-0.2, -0.15) is 5.11 Å². The van der Waals surface area contributed by atoms with Gasteiger partial charge >= 0.3 is 5.56 Å². The van der Waals surface area contributed by atoms with Crippen LogP contribution in [0.4, 0.5) is 22.9 Å². The Morgan fingerprint density at radius 1 is 0.836 bits per heavy atom. The van der Waals surface area contributed by atoms with Gasteiger partial charge < -0.3 is 20.1 Å². The second-order valence-corrected chi connectivity index (χ2v) is 15.4. The van der Waals surface area contributed by atoms with E-state index in [1.54, 1.807) is 42.5 Å². The van der Waals surface area contributed by atoms with E-state index < -0.39 is 17.4 Å². The van der Waals surface area contributed by atoms with Crippen LogP contribution in [0.1, 0.15) is 75.9 Å². The topological polar surface area (TPSA) is 139 Å². The highest BCUT2D eigenvalue weighted by molar-refractivity contribution is 6.40. The molecule has 288 valence electrons. The zero-order valence-corrected chi connectivity index (χ0v) is 33.9. The Balaban J connectivity index is 1.37. The summed E-state index contributed by atoms with van der Waals surface area (Å²) >= 11 is 19.0. The second kappa shape index (κ2) is 17.1. The van der Waals surface area contributed by atoms with Crippen LogP contribution in [0.25, 0.3) is 5.69 Å². The lowest BCUT2D eigenvalue weighted by Gasteiger charge is -2.30. The summed E-state index contributed by atoms with van der Waals surface area (Å²) in [5.74, 6) is 0.149. The molecule has 2 amide bonds. The van der Waals surface area contributed by atoms with Crippen molar-refractivity contribution in [2.24, 2.45) is 10.2 Å². The van der Waals surface area contributed by atoms with Crippen molar-refractivity contribution in [3.63, 3.8) is 0 Å². The number of nitrogens with zero attached hydrogens (tertiary/aromatic N) is 3. The fourth-order valence-corrected chi connectivity index (χ4v) is 6.52. The van der Waals surface area contributed by atoms with Crippen molar-refractivity contribution in [1.29, 1.82) is 0 Å².